The SMILES string of the molecule is C.CC(C)(C)OC(=O)N1CCc2ccccc2C1c1csc(C(=O)c2cncnc2N[C@@H]2C[C@H](COS(N)(=O)=O)[C@@H](O)C2)c1.NS(=O)(=O)OC[C@H]1C[C@@H](Nc2ncncc2C(=O)c2cc(C3NCCc4ccccc43)cs2)C[C@@H]1O. The molecule has 2 unspecified atom stereocenters. The molecule has 6 aromatic rings. The lowest BCUT2D eigenvalue weighted by atomic mass is 9.89. The number of fused-ring (bicyclic) bond motifs is 2. The van der Waals surface area contributed by atoms with E-state index in [9.17, 15) is 41.4 Å². The maximum atomic E-state index is 13.8. The standard InChI is InChI=1S/C29H35N5O7S2.C24H27N5O5S2.CH4/c1-29(2,3)41-28(37)34-9-8-17-6-4-5-7-21(17)25(34)19-11-24(42-15-19)26(36)22-13-31-16-32-27(22)33-20-10-18(23(35)12-20)14-40-43(30,38)39;25-36(32,33)34-11-15-7-17(9-20(15)30)29-24-19(10-26-13-28-24)23(31)21-8-16(12-35-21)22-18-4-2-1-3-14(18)5-6-27-22;/h4-7,11,13,15-16,18,20,23,25,35H,8-10,12,14H2,1-3H3,(H2,30,38,39)(H,31,32,33);1-4,8,10,12-13,15,17,20,22,27,30H,5-7,9,11H2,(H2,25,32,33)(H,26,28,29);1H4/t18-,20-,23+,25?;15-,17-,20+,22?;/m11./s1. The molecule has 2 fully saturated rings. The van der Waals surface area contributed by atoms with Crippen molar-refractivity contribution in [1.29, 1.82) is 0 Å². The first-order valence-electron chi connectivity index (χ1n) is 25.6. The number of aromatic nitrogens is 4. The highest BCUT2D eigenvalue weighted by Gasteiger charge is 2.38. The average Bonchev–Trinajstić information content (AvgIpc) is 4.25. The summed E-state index contributed by atoms with van der Waals surface area (Å²) in [5.74, 6) is -0.670. The van der Waals surface area contributed by atoms with Crippen molar-refractivity contribution in [2.24, 2.45) is 22.1 Å². The zero-order chi connectivity index (χ0) is 56.2. The summed E-state index contributed by atoms with van der Waals surface area (Å²) >= 11 is 2.66. The molecule has 9 N–H and O–H groups in total. The van der Waals surface area contributed by atoms with Crippen LogP contribution in [0.2, 0.25) is 0 Å². The normalized spacial score (nSPS) is 22.7. The summed E-state index contributed by atoms with van der Waals surface area (Å²) in [5.41, 5.74) is 6.44. The van der Waals surface area contributed by atoms with Gasteiger partial charge in [0.05, 0.1) is 58.4 Å². The van der Waals surface area contributed by atoms with Crippen LogP contribution in [0.25, 0.3) is 0 Å². The fourth-order valence-corrected chi connectivity index (χ4v) is 13.0. The monoisotopic (exact) mass is 1170 g/mol. The van der Waals surface area contributed by atoms with E-state index in [2.05, 4.69) is 62.5 Å². The van der Waals surface area contributed by atoms with Gasteiger partial charge < -0.3 is 30.9 Å². The predicted molar refractivity (Wildman–Crippen MR) is 302 cm³/mol. The van der Waals surface area contributed by atoms with Crippen LogP contribution in [0, 0.1) is 11.8 Å². The molecule has 6 heterocycles. The van der Waals surface area contributed by atoms with Crippen LogP contribution in [0.15, 0.2) is 96.5 Å². The molecule has 1 amide bonds. The molecule has 428 valence electrons. The molecule has 0 bridgehead atoms. The number of hydrogen-bond donors (Lipinski definition) is 7. The number of amides is 1. The molecule has 10 rings (SSSR count). The Morgan fingerprint density at radius 3 is 1.74 bits per heavy atom. The summed E-state index contributed by atoms with van der Waals surface area (Å²) in [4.78, 5) is 59.9. The van der Waals surface area contributed by atoms with Gasteiger partial charge in [-0.3, -0.25) is 22.9 Å². The summed E-state index contributed by atoms with van der Waals surface area (Å²) in [7, 11) is -8.21. The van der Waals surface area contributed by atoms with Crippen molar-refractivity contribution in [3.05, 3.63) is 151 Å². The maximum absolute atomic E-state index is 13.8. The first kappa shape index (κ1) is 59.9. The lowest BCUT2D eigenvalue weighted by Crippen LogP contribution is -2.43. The number of aliphatic hydroxyl groups excluding tert-OH is 2. The number of ketones is 2. The second-order valence-electron chi connectivity index (χ2n) is 20.9. The van der Waals surface area contributed by atoms with Crippen LogP contribution >= 0.6 is 22.7 Å². The number of rotatable bonds is 16. The Morgan fingerprint density at radius 2 is 1.21 bits per heavy atom. The first-order chi connectivity index (χ1) is 37.6. The van der Waals surface area contributed by atoms with Crippen LogP contribution in [0.3, 0.4) is 0 Å². The van der Waals surface area contributed by atoms with E-state index in [4.69, 9.17) is 15.0 Å². The Balaban J connectivity index is 0.000000211. The highest BCUT2D eigenvalue weighted by atomic mass is 32.2. The number of nitrogens with one attached hydrogen (secondary N) is 3. The highest BCUT2D eigenvalue weighted by Crippen LogP contribution is 2.40. The quantitative estimate of drug-likeness (QED) is 0.0560. The summed E-state index contributed by atoms with van der Waals surface area (Å²) in [6.07, 6.45) is 6.76. The predicted octanol–water partition coefficient (Wildman–Crippen LogP) is 5.84. The summed E-state index contributed by atoms with van der Waals surface area (Å²) in [6, 6.07) is 19.1. The van der Waals surface area contributed by atoms with Gasteiger partial charge in [-0.2, -0.15) is 16.8 Å². The number of anilines is 2. The molecule has 80 heavy (non-hydrogen) atoms. The minimum Gasteiger partial charge on any atom is -0.444 e. The summed E-state index contributed by atoms with van der Waals surface area (Å²) < 4.78 is 59.6. The molecule has 2 saturated carbocycles. The van der Waals surface area contributed by atoms with Gasteiger partial charge in [0.15, 0.2) is 0 Å². The number of ether oxygens (including phenoxy) is 1. The molecular formula is C54H66N10O12S4. The van der Waals surface area contributed by atoms with Crippen molar-refractivity contribution in [3.63, 3.8) is 0 Å². The maximum Gasteiger partial charge on any atom is 0.411 e. The second-order valence-corrected chi connectivity index (χ2v) is 25.2. The van der Waals surface area contributed by atoms with E-state index in [-0.39, 0.29) is 55.9 Å². The average molecular weight is 1180 g/mol. The van der Waals surface area contributed by atoms with Crippen LogP contribution in [0.5, 0.6) is 0 Å². The third-order valence-corrected chi connectivity index (χ3v) is 17.0. The Bertz CT molecular complexity index is 3410. The molecule has 0 spiro atoms. The molecular weight excluding hydrogens is 1110 g/mol. The van der Waals surface area contributed by atoms with E-state index < -0.39 is 62.4 Å². The first-order valence-corrected chi connectivity index (χ1v) is 30.3. The van der Waals surface area contributed by atoms with Gasteiger partial charge in [-0.1, -0.05) is 56.0 Å². The van der Waals surface area contributed by atoms with E-state index in [0.717, 1.165) is 35.2 Å². The Kier molecular flexibility index (Phi) is 19.0. The van der Waals surface area contributed by atoms with Crippen molar-refractivity contribution in [3.8, 4) is 0 Å². The number of benzene rings is 2. The topological polar surface area (TPSA) is 331 Å². The Hall–Kier alpha value is -6.17. The van der Waals surface area contributed by atoms with E-state index in [1.807, 2.05) is 67.9 Å². The molecule has 4 aliphatic rings. The van der Waals surface area contributed by atoms with Crippen LogP contribution in [0.1, 0.15) is 130 Å². The molecule has 22 nitrogen and oxygen atoms in total. The van der Waals surface area contributed by atoms with Crippen LogP contribution < -0.4 is 26.2 Å². The van der Waals surface area contributed by atoms with Gasteiger partial charge in [-0.25, -0.2) is 35.0 Å². The van der Waals surface area contributed by atoms with Gasteiger partial charge in [-0.05, 0) is 116 Å². The van der Waals surface area contributed by atoms with Crippen molar-refractivity contribution in [2.75, 3.05) is 36.9 Å². The number of thiophene rings is 2. The van der Waals surface area contributed by atoms with Gasteiger partial charge in [0.2, 0.25) is 11.6 Å². The number of carbonyl (C=O) groups is 3. The summed E-state index contributed by atoms with van der Waals surface area (Å²) in [6.45, 7) is 6.40. The number of hydrogen-bond acceptors (Lipinski definition) is 21. The minimum absolute atomic E-state index is 0. The smallest absolute Gasteiger partial charge is 0.411 e. The molecule has 4 aromatic heterocycles. The zero-order valence-corrected chi connectivity index (χ0v) is 46.7. The van der Waals surface area contributed by atoms with Crippen LogP contribution in [-0.2, 0) is 46.6 Å². The Morgan fingerprint density at radius 1 is 0.725 bits per heavy atom. The molecule has 0 saturated heterocycles. The lowest BCUT2D eigenvalue weighted by Gasteiger charge is -2.38. The van der Waals surface area contributed by atoms with Gasteiger partial charge in [-0.15, -0.1) is 22.7 Å². The van der Waals surface area contributed by atoms with E-state index in [1.165, 1.54) is 58.8 Å². The molecule has 8 atom stereocenters. The molecule has 2 aliphatic heterocycles. The number of carbonyl (C=O) groups excluding carboxylic acids is 3. The van der Waals surface area contributed by atoms with E-state index >= 15 is 0 Å². The van der Waals surface area contributed by atoms with Crippen molar-refractivity contribution >= 4 is 72.6 Å². The molecule has 26 heteroatoms. The third kappa shape index (κ3) is 14.8. The largest absolute Gasteiger partial charge is 0.444 e. The highest BCUT2D eigenvalue weighted by molar-refractivity contribution is 7.84. The van der Waals surface area contributed by atoms with Crippen molar-refractivity contribution < 1.29 is 54.5 Å². The number of nitrogens with zero attached hydrogens (tertiary/aromatic N) is 5. The van der Waals surface area contributed by atoms with Crippen LogP contribution in [-0.4, -0.2) is 126 Å². The number of aliphatic hydroxyl groups is 2. The molecule has 0 radical (unpaired) electrons. The van der Waals surface area contributed by atoms with Gasteiger partial charge >= 0.3 is 26.7 Å². The summed E-state index contributed by atoms with van der Waals surface area (Å²) in [5, 5.41) is 44.4. The molecule has 2 aliphatic carbocycles. The minimum atomic E-state index is -4.12. The van der Waals surface area contributed by atoms with Gasteiger partial charge in [0.25, 0.3) is 0 Å². The van der Waals surface area contributed by atoms with E-state index in [1.54, 1.807) is 11.0 Å². The Labute approximate surface area is 473 Å². The molecule has 2 aromatic carbocycles. The number of nitrogens with two attached hydrogens (primary N) is 2. The zero-order valence-electron chi connectivity index (χ0n) is 43.4. The van der Waals surface area contributed by atoms with Gasteiger partial charge in [0, 0.05) is 49.4 Å². The van der Waals surface area contributed by atoms with Crippen molar-refractivity contribution in [1.82, 2.24) is 30.2 Å². The van der Waals surface area contributed by atoms with Gasteiger partial charge in [0.1, 0.15) is 29.9 Å². The second kappa shape index (κ2) is 25.3. The van der Waals surface area contributed by atoms with Crippen LogP contribution in [0.4, 0.5) is 16.4 Å². The fourth-order valence-electron chi connectivity index (χ4n) is 10.5. The van der Waals surface area contributed by atoms with Crippen molar-refractivity contribution in [2.45, 2.75) is 109 Å². The third-order valence-electron chi connectivity index (χ3n) is 14.2. The fraction of sp³-hybridized carbons (Fsp3) is 0.426. The van der Waals surface area contributed by atoms with E-state index in [0.29, 0.717) is 65.6 Å². The lowest BCUT2D eigenvalue weighted by molar-refractivity contribution is 0.0178.